The van der Waals surface area contributed by atoms with Crippen molar-refractivity contribution in [3.63, 3.8) is 0 Å². The minimum Gasteiger partial charge on any atom is -0.375 e. The minimum atomic E-state index is 0.634. The van der Waals surface area contributed by atoms with Gasteiger partial charge in [0.1, 0.15) is 0 Å². The first kappa shape index (κ1) is 8.19. The smallest absolute Gasteiger partial charge is 0.180 e. The molecule has 0 aliphatic heterocycles. The van der Waals surface area contributed by atoms with Crippen LogP contribution in [-0.4, -0.2) is 9.97 Å². The Morgan fingerprint density at radius 1 is 0.857 bits per heavy atom. The molecule has 0 amide bonds. The van der Waals surface area contributed by atoms with Gasteiger partial charge in [-0.15, -0.1) is 0 Å². The highest BCUT2D eigenvalue weighted by Crippen LogP contribution is 2.42. The maximum Gasteiger partial charge on any atom is 0.180 e. The van der Waals surface area contributed by atoms with Crippen molar-refractivity contribution < 1.29 is 0 Å². The van der Waals surface area contributed by atoms with Crippen LogP contribution >= 0.6 is 22.7 Å². The molecule has 0 spiro atoms. The van der Waals surface area contributed by atoms with Gasteiger partial charge in [-0.05, 0) is 12.8 Å². The van der Waals surface area contributed by atoms with Gasteiger partial charge < -0.3 is 11.5 Å². The molecule has 2 heterocycles. The highest BCUT2D eigenvalue weighted by atomic mass is 32.1. The van der Waals surface area contributed by atoms with Gasteiger partial charge in [-0.25, -0.2) is 9.97 Å². The quantitative estimate of drug-likeness (QED) is 0.711. The van der Waals surface area contributed by atoms with E-state index in [4.69, 9.17) is 11.5 Å². The molecular formula is C8H8N4S2. The van der Waals surface area contributed by atoms with Gasteiger partial charge in [0, 0.05) is 0 Å². The van der Waals surface area contributed by atoms with Crippen LogP contribution in [0.1, 0.15) is 11.4 Å². The van der Waals surface area contributed by atoms with E-state index in [0.717, 1.165) is 34.0 Å². The van der Waals surface area contributed by atoms with Gasteiger partial charge in [0.15, 0.2) is 10.3 Å². The molecule has 0 saturated heterocycles. The summed E-state index contributed by atoms with van der Waals surface area (Å²) in [5.74, 6) is 0. The van der Waals surface area contributed by atoms with Crippen LogP contribution in [0.4, 0.5) is 10.3 Å². The van der Waals surface area contributed by atoms with Gasteiger partial charge in [0.25, 0.3) is 0 Å². The Morgan fingerprint density at radius 2 is 1.29 bits per heavy atom. The molecule has 6 heteroatoms. The third kappa shape index (κ3) is 1.04. The molecule has 1 aliphatic rings. The first-order valence-corrected chi connectivity index (χ1v) is 5.88. The summed E-state index contributed by atoms with van der Waals surface area (Å²) in [7, 11) is 0. The fourth-order valence-electron chi connectivity index (χ4n) is 1.67. The van der Waals surface area contributed by atoms with Crippen LogP contribution in [0.25, 0.3) is 9.75 Å². The average Bonchev–Trinajstić information content (AvgIpc) is 2.65. The van der Waals surface area contributed by atoms with Crippen molar-refractivity contribution in [1.82, 2.24) is 9.97 Å². The topological polar surface area (TPSA) is 77.8 Å². The fraction of sp³-hybridized carbons (Fsp3) is 0.250. The molecule has 72 valence electrons. The van der Waals surface area contributed by atoms with E-state index in [-0.39, 0.29) is 0 Å². The molecule has 1 aliphatic carbocycles. The second-order valence-electron chi connectivity index (χ2n) is 3.16. The SMILES string of the molecule is Nc1nc2c(s1)-c1sc(N)nc1CC2. The van der Waals surface area contributed by atoms with E-state index in [9.17, 15) is 0 Å². The van der Waals surface area contributed by atoms with Crippen LogP contribution in [0, 0.1) is 0 Å². The molecule has 2 aromatic rings. The molecule has 0 fully saturated rings. The molecule has 4 nitrogen and oxygen atoms in total. The highest BCUT2D eigenvalue weighted by molar-refractivity contribution is 7.25. The van der Waals surface area contributed by atoms with E-state index in [1.54, 1.807) is 0 Å². The average molecular weight is 224 g/mol. The summed E-state index contributed by atoms with van der Waals surface area (Å²) >= 11 is 3.06. The Kier molecular flexibility index (Phi) is 1.57. The summed E-state index contributed by atoms with van der Waals surface area (Å²) in [6.45, 7) is 0. The number of aromatic nitrogens is 2. The molecule has 0 aromatic carbocycles. The predicted octanol–water partition coefficient (Wildman–Crippen LogP) is 1.53. The van der Waals surface area contributed by atoms with E-state index in [1.165, 1.54) is 22.7 Å². The Hall–Kier alpha value is -1.14. The molecule has 14 heavy (non-hydrogen) atoms. The zero-order valence-corrected chi connectivity index (χ0v) is 8.91. The monoisotopic (exact) mass is 224 g/mol. The van der Waals surface area contributed by atoms with Crippen molar-refractivity contribution in [1.29, 1.82) is 0 Å². The molecule has 4 N–H and O–H groups in total. The number of hydrogen-bond acceptors (Lipinski definition) is 6. The number of anilines is 2. The fourth-order valence-corrected chi connectivity index (χ4v) is 3.60. The standard InChI is InChI=1S/C8H8N4S2/c9-7-11-3-1-2-4-6(5(3)13-7)14-8(10)12-4/h1-2H2,(H2,9,11)(H2,10,12). The van der Waals surface area contributed by atoms with Crippen LogP contribution in [0.5, 0.6) is 0 Å². The van der Waals surface area contributed by atoms with Crippen LogP contribution < -0.4 is 11.5 Å². The normalized spacial score (nSPS) is 13.7. The molecular weight excluding hydrogens is 216 g/mol. The van der Waals surface area contributed by atoms with Gasteiger partial charge >= 0.3 is 0 Å². The lowest BCUT2D eigenvalue weighted by Gasteiger charge is -2.07. The van der Waals surface area contributed by atoms with Crippen LogP contribution in [0.3, 0.4) is 0 Å². The van der Waals surface area contributed by atoms with Gasteiger partial charge in [-0.2, -0.15) is 0 Å². The first-order chi connectivity index (χ1) is 6.74. The summed E-state index contributed by atoms with van der Waals surface area (Å²) in [6.07, 6.45) is 1.86. The number of aryl methyl sites for hydroxylation is 2. The lowest BCUT2D eigenvalue weighted by atomic mass is 10.1. The predicted molar refractivity (Wildman–Crippen MR) is 59.5 cm³/mol. The zero-order chi connectivity index (χ0) is 9.71. The number of nitrogens with zero attached hydrogens (tertiary/aromatic N) is 2. The highest BCUT2D eigenvalue weighted by Gasteiger charge is 2.23. The number of nitrogens with two attached hydrogens (primary N) is 2. The third-order valence-corrected chi connectivity index (χ3v) is 4.25. The second kappa shape index (κ2) is 2.68. The molecule has 0 unspecified atom stereocenters. The van der Waals surface area contributed by atoms with E-state index >= 15 is 0 Å². The van der Waals surface area contributed by atoms with Crippen LogP contribution in [-0.2, 0) is 12.8 Å². The summed E-state index contributed by atoms with van der Waals surface area (Å²) in [5, 5.41) is 1.27. The minimum absolute atomic E-state index is 0.634. The summed E-state index contributed by atoms with van der Waals surface area (Å²) in [5.41, 5.74) is 13.6. The van der Waals surface area contributed by atoms with Crippen molar-refractivity contribution in [2.45, 2.75) is 12.8 Å². The van der Waals surface area contributed by atoms with Crippen molar-refractivity contribution in [2.75, 3.05) is 11.5 Å². The zero-order valence-electron chi connectivity index (χ0n) is 7.28. The van der Waals surface area contributed by atoms with E-state index < -0.39 is 0 Å². The number of thiazole rings is 2. The van der Waals surface area contributed by atoms with Gasteiger partial charge in [-0.3, -0.25) is 0 Å². The van der Waals surface area contributed by atoms with Crippen molar-refractivity contribution in [2.24, 2.45) is 0 Å². The van der Waals surface area contributed by atoms with Crippen molar-refractivity contribution in [3.05, 3.63) is 11.4 Å². The Labute approximate surface area is 88.6 Å². The van der Waals surface area contributed by atoms with Crippen LogP contribution in [0.2, 0.25) is 0 Å². The van der Waals surface area contributed by atoms with Crippen molar-refractivity contribution in [3.8, 4) is 9.75 Å². The van der Waals surface area contributed by atoms with Gasteiger partial charge in [0.05, 0.1) is 21.1 Å². The largest absolute Gasteiger partial charge is 0.375 e. The Bertz CT molecular complexity index is 453. The molecule has 0 bridgehead atoms. The van der Waals surface area contributed by atoms with E-state index in [1.807, 2.05) is 0 Å². The van der Waals surface area contributed by atoms with Gasteiger partial charge in [-0.1, -0.05) is 22.7 Å². The number of fused-ring (bicyclic) bond motifs is 3. The van der Waals surface area contributed by atoms with Crippen LogP contribution in [0.15, 0.2) is 0 Å². The maximum atomic E-state index is 5.68. The summed E-state index contributed by atoms with van der Waals surface area (Å²) in [4.78, 5) is 10.9. The summed E-state index contributed by atoms with van der Waals surface area (Å²) in [6, 6.07) is 0. The van der Waals surface area contributed by atoms with Crippen molar-refractivity contribution >= 4 is 32.9 Å². The summed E-state index contributed by atoms with van der Waals surface area (Å²) < 4.78 is 0. The lowest BCUT2D eigenvalue weighted by molar-refractivity contribution is 0.887. The number of rotatable bonds is 0. The Morgan fingerprint density at radius 3 is 1.71 bits per heavy atom. The lowest BCUT2D eigenvalue weighted by Crippen LogP contribution is -2.01. The molecule has 3 rings (SSSR count). The van der Waals surface area contributed by atoms with Gasteiger partial charge in [0.2, 0.25) is 0 Å². The van der Waals surface area contributed by atoms with E-state index in [2.05, 4.69) is 9.97 Å². The second-order valence-corrected chi connectivity index (χ2v) is 5.22. The van der Waals surface area contributed by atoms with E-state index in [0.29, 0.717) is 10.3 Å². The third-order valence-electron chi connectivity index (χ3n) is 2.23. The maximum absolute atomic E-state index is 5.68. The molecule has 2 aromatic heterocycles. The first-order valence-electron chi connectivity index (χ1n) is 4.25. The Balaban J connectivity index is 2.27. The molecule has 0 radical (unpaired) electrons. The number of hydrogen-bond donors (Lipinski definition) is 2. The number of nitrogen functional groups attached to an aromatic ring is 2. The molecule has 0 atom stereocenters. The molecule has 0 saturated carbocycles.